The van der Waals surface area contributed by atoms with Crippen LogP contribution in [0.25, 0.3) is 0 Å². The topological polar surface area (TPSA) is 58.6 Å². The molecule has 0 radical (unpaired) electrons. The largest absolute Gasteiger partial charge is 0.380 e. The molecular weight excluding hydrogens is 276 g/mol. The number of hydrogen-bond donors (Lipinski definition) is 1. The van der Waals surface area contributed by atoms with E-state index in [0.717, 1.165) is 18.4 Å². The summed E-state index contributed by atoms with van der Waals surface area (Å²) in [5.74, 6) is 0. The van der Waals surface area contributed by atoms with E-state index in [4.69, 9.17) is 4.74 Å². The van der Waals surface area contributed by atoms with Gasteiger partial charge >= 0.3 is 0 Å². The molecule has 5 nitrogen and oxygen atoms in total. The summed E-state index contributed by atoms with van der Waals surface area (Å²) >= 11 is 0. The highest BCUT2D eigenvalue weighted by molar-refractivity contribution is 7.89. The molecule has 112 valence electrons. The third-order valence-electron chi connectivity index (χ3n) is 3.58. The second kappa shape index (κ2) is 6.67. The van der Waals surface area contributed by atoms with E-state index in [9.17, 15) is 8.42 Å². The summed E-state index contributed by atoms with van der Waals surface area (Å²) in [5.41, 5.74) is 0.873. The molecule has 1 N–H and O–H groups in total. The van der Waals surface area contributed by atoms with Crippen molar-refractivity contribution in [3.63, 3.8) is 0 Å². The fraction of sp³-hybridized carbons (Fsp3) is 0.571. The molecule has 0 bridgehead atoms. The molecule has 1 heterocycles. The molecule has 1 aliphatic heterocycles. The summed E-state index contributed by atoms with van der Waals surface area (Å²) in [5, 5.41) is 3.07. The summed E-state index contributed by atoms with van der Waals surface area (Å²) in [6.07, 6.45) is 1.83. The maximum atomic E-state index is 12.7. The molecule has 1 unspecified atom stereocenters. The highest BCUT2D eigenvalue weighted by atomic mass is 32.2. The first kappa shape index (κ1) is 15.4. The van der Waals surface area contributed by atoms with Gasteiger partial charge in [-0.3, -0.25) is 0 Å². The summed E-state index contributed by atoms with van der Waals surface area (Å²) in [7, 11) is 0.0382. The molecule has 0 aliphatic carbocycles. The van der Waals surface area contributed by atoms with Crippen LogP contribution in [0.2, 0.25) is 0 Å². The van der Waals surface area contributed by atoms with Crippen LogP contribution in [0.5, 0.6) is 0 Å². The Kier molecular flexibility index (Phi) is 5.15. The summed E-state index contributed by atoms with van der Waals surface area (Å²) < 4.78 is 32.1. The molecule has 1 aromatic carbocycles. The zero-order valence-electron chi connectivity index (χ0n) is 12.0. The normalized spacial score (nSPS) is 20.4. The van der Waals surface area contributed by atoms with Crippen molar-refractivity contribution < 1.29 is 13.2 Å². The van der Waals surface area contributed by atoms with Crippen LogP contribution in [0, 0.1) is 0 Å². The number of rotatable bonds is 6. The molecule has 1 fully saturated rings. The molecule has 0 aromatic heterocycles. The quantitative estimate of drug-likeness (QED) is 0.857. The van der Waals surface area contributed by atoms with E-state index in [1.165, 1.54) is 0 Å². The van der Waals surface area contributed by atoms with E-state index in [0.29, 0.717) is 24.6 Å². The third kappa shape index (κ3) is 3.20. The highest BCUT2D eigenvalue weighted by Gasteiger charge is 2.34. The average molecular weight is 298 g/mol. The van der Waals surface area contributed by atoms with Gasteiger partial charge in [-0.2, -0.15) is 4.31 Å². The number of benzene rings is 1. The van der Waals surface area contributed by atoms with Crippen LogP contribution < -0.4 is 5.32 Å². The molecule has 1 aliphatic rings. The molecule has 20 heavy (non-hydrogen) atoms. The van der Waals surface area contributed by atoms with E-state index < -0.39 is 10.0 Å². The Labute approximate surface area is 121 Å². The van der Waals surface area contributed by atoms with Gasteiger partial charge in [0.15, 0.2) is 0 Å². The van der Waals surface area contributed by atoms with Gasteiger partial charge in [0.2, 0.25) is 10.0 Å². The Balaban J connectivity index is 2.27. The minimum Gasteiger partial charge on any atom is -0.380 e. The van der Waals surface area contributed by atoms with Crippen molar-refractivity contribution in [2.24, 2.45) is 0 Å². The van der Waals surface area contributed by atoms with Crippen LogP contribution in [0.4, 0.5) is 0 Å². The number of sulfonamides is 1. The van der Waals surface area contributed by atoms with Crippen molar-refractivity contribution in [3.8, 4) is 0 Å². The minimum atomic E-state index is -3.41. The van der Waals surface area contributed by atoms with E-state index in [1.54, 1.807) is 29.6 Å². The van der Waals surface area contributed by atoms with Gasteiger partial charge in [-0.15, -0.1) is 0 Å². The van der Waals surface area contributed by atoms with Crippen LogP contribution in [0.3, 0.4) is 0 Å². The van der Waals surface area contributed by atoms with Crippen LogP contribution in [-0.4, -0.2) is 46.0 Å². The van der Waals surface area contributed by atoms with Crippen molar-refractivity contribution in [3.05, 3.63) is 29.8 Å². The Morgan fingerprint density at radius 3 is 2.95 bits per heavy atom. The van der Waals surface area contributed by atoms with Gasteiger partial charge in [0.05, 0.1) is 11.5 Å². The van der Waals surface area contributed by atoms with Gasteiger partial charge in [-0.25, -0.2) is 8.42 Å². The van der Waals surface area contributed by atoms with Gasteiger partial charge in [0, 0.05) is 26.2 Å². The molecule has 0 amide bonds. The Hall–Kier alpha value is -0.950. The fourth-order valence-corrected chi connectivity index (χ4v) is 4.43. The van der Waals surface area contributed by atoms with Crippen LogP contribution >= 0.6 is 0 Å². The predicted molar refractivity (Wildman–Crippen MR) is 78.0 cm³/mol. The predicted octanol–water partition coefficient (Wildman–Crippen LogP) is 1.21. The third-order valence-corrected chi connectivity index (χ3v) is 5.53. The second-order valence-electron chi connectivity index (χ2n) is 5.05. The Morgan fingerprint density at radius 2 is 2.25 bits per heavy atom. The van der Waals surface area contributed by atoms with Crippen molar-refractivity contribution in [1.82, 2.24) is 9.62 Å². The maximum Gasteiger partial charge on any atom is 0.243 e. The van der Waals surface area contributed by atoms with Crippen LogP contribution in [0.1, 0.15) is 18.4 Å². The van der Waals surface area contributed by atoms with E-state index in [1.807, 2.05) is 13.1 Å². The van der Waals surface area contributed by atoms with Crippen molar-refractivity contribution in [1.29, 1.82) is 0 Å². The van der Waals surface area contributed by atoms with Gasteiger partial charge in [0.1, 0.15) is 0 Å². The van der Waals surface area contributed by atoms with Gasteiger partial charge in [-0.05, 0) is 37.6 Å². The van der Waals surface area contributed by atoms with E-state index >= 15 is 0 Å². The number of nitrogens with one attached hydrogen (secondary N) is 1. The Morgan fingerprint density at radius 1 is 1.45 bits per heavy atom. The van der Waals surface area contributed by atoms with Crippen molar-refractivity contribution in [2.45, 2.75) is 30.4 Å². The van der Waals surface area contributed by atoms with Gasteiger partial charge < -0.3 is 10.1 Å². The van der Waals surface area contributed by atoms with E-state index in [-0.39, 0.29) is 6.04 Å². The summed E-state index contributed by atoms with van der Waals surface area (Å²) in [4.78, 5) is 0.357. The smallest absolute Gasteiger partial charge is 0.243 e. The highest BCUT2D eigenvalue weighted by Crippen LogP contribution is 2.26. The summed E-state index contributed by atoms with van der Waals surface area (Å²) in [6, 6.07) is 7.05. The van der Waals surface area contributed by atoms with Crippen LogP contribution in [-0.2, 0) is 21.4 Å². The standard InChI is InChI=1S/C14H22N2O3S/c1-15-10-13-6-4-8-16(13)20(17,18)14-7-3-5-12(9-14)11-19-2/h3,5,7,9,13,15H,4,6,8,10-11H2,1-2H3. The lowest BCUT2D eigenvalue weighted by Crippen LogP contribution is -2.40. The molecule has 0 spiro atoms. The molecule has 6 heteroatoms. The lowest BCUT2D eigenvalue weighted by molar-refractivity contribution is 0.184. The molecular formula is C14H22N2O3S. The lowest BCUT2D eigenvalue weighted by atomic mass is 10.2. The maximum absolute atomic E-state index is 12.7. The monoisotopic (exact) mass is 298 g/mol. The number of hydrogen-bond acceptors (Lipinski definition) is 4. The number of likely N-dealkylation sites (N-methyl/N-ethyl adjacent to an activating group) is 1. The van der Waals surface area contributed by atoms with Gasteiger partial charge in [0.25, 0.3) is 0 Å². The van der Waals surface area contributed by atoms with Crippen LogP contribution in [0.15, 0.2) is 29.2 Å². The first-order valence-corrected chi connectivity index (χ1v) is 8.28. The zero-order valence-corrected chi connectivity index (χ0v) is 12.8. The molecule has 1 atom stereocenters. The fourth-order valence-electron chi connectivity index (χ4n) is 2.66. The first-order valence-electron chi connectivity index (χ1n) is 6.84. The number of ether oxygens (including phenoxy) is 1. The molecule has 0 saturated carbocycles. The molecule has 1 saturated heterocycles. The Bertz CT molecular complexity index is 545. The van der Waals surface area contributed by atoms with Gasteiger partial charge in [-0.1, -0.05) is 12.1 Å². The second-order valence-corrected chi connectivity index (χ2v) is 6.94. The van der Waals surface area contributed by atoms with Crippen molar-refractivity contribution in [2.75, 3.05) is 27.2 Å². The van der Waals surface area contributed by atoms with E-state index in [2.05, 4.69) is 5.32 Å². The average Bonchev–Trinajstić information content (AvgIpc) is 2.89. The number of methoxy groups -OCH3 is 1. The molecule has 2 rings (SSSR count). The summed E-state index contributed by atoms with van der Waals surface area (Å²) in [6.45, 7) is 1.71. The van der Waals surface area contributed by atoms with Crippen molar-refractivity contribution >= 4 is 10.0 Å². The first-order chi connectivity index (χ1) is 9.59. The SMILES string of the molecule is CNCC1CCCN1S(=O)(=O)c1cccc(COC)c1. The minimum absolute atomic E-state index is 0.0519. The lowest BCUT2D eigenvalue weighted by Gasteiger charge is -2.24. The molecule has 1 aromatic rings. The number of nitrogens with zero attached hydrogens (tertiary/aromatic N) is 1. The zero-order chi connectivity index (χ0) is 14.6.